The summed E-state index contributed by atoms with van der Waals surface area (Å²) in [6.45, 7) is 8.89. The Bertz CT molecular complexity index is 1480. The maximum atomic E-state index is 2.35. The summed E-state index contributed by atoms with van der Waals surface area (Å²) in [6, 6.07) is 20.5. The van der Waals surface area contributed by atoms with Crippen LogP contribution in [-0.4, -0.2) is 0 Å². The van der Waals surface area contributed by atoms with Gasteiger partial charge in [-0.2, -0.15) is 0 Å². The Hall–Kier alpha value is -1.66. The normalized spacial score (nSPS) is 13.5. The van der Waals surface area contributed by atoms with Crippen LogP contribution in [0.2, 0.25) is 0 Å². The molecular formula is C29H25Cl2Zr. The minimum atomic E-state index is 0. The first-order valence-corrected chi connectivity index (χ1v) is 11.8. The smallest absolute Gasteiger partial charge is 1.00 e. The van der Waals surface area contributed by atoms with Gasteiger partial charge in [0.2, 0.25) is 0 Å². The topological polar surface area (TPSA) is 0 Å². The molecule has 0 unspecified atom stereocenters. The van der Waals surface area contributed by atoms with Gasteiger partial charge < -0.3 is 24.8 Å². The number of rotatable bonds is 2. The molecule has 32 heavy (non-hydrogen) atoms. The third kappa shape index (κ3) is 4.05. The maximum absolute atomic E-state index is 2.35. The Morgan fingerprint density at radius 3 is 2.09 bits per heavy atom. The van der Waals surface area contributed by atoms with Gasteiger partial charge in [-0.05, 0) is 0 Å². The molecule has 0 radical (unpaired) electrons. The first-order chi connectivity index (χ1) is 14.5. The molecule has 0 bridgehead atoms. The largest absolute Gasteiger partial charge is 1.00 e. The fraction of sp³-hybridized carbons (Fsp3) is 0.172. The predicted molar refractivity (Wildman–Crippen MR) is 124 cm³/mol. The van der Waals surface area contributed by atoms with Crippen molar-refractivity contribution < 1.29 is 49.5 Å². The van der Waals surface area contributed by atoms with Gasteiger partial charge in [0, 0.05) is 0 Å². The van der Waals surface area contributed by atoms with E-state index in [-0.39, 0.29) is 24.8 Å². The van der Waals surface area contributed by atoms with Crippen LogP contribution in [0, 0.1) is 24.3 Å². The third-order valence-electron chi connectivity index (χ3n) is 6.25. The first kappa shape index (κ1) is 25.0. The van der Waals surface area contributed by atoms with Crippen molar-refractivity contribution >= 4 is 20.0 Å². The van der Waals surface area contributed by atoms with E-state index in [4.69, 9.17) is 0 Å². The summed E-state index contributed by atoms with van der Waals surface area (Å²) < 4.78 is 1.49. The minimum absolute atomic E-state index is 0. The van der Waals surface area contributed by atoms with Gasteiger partial charge in [0.1, 0.15) is 0 Å². The molecule has 0 aliphatic heterocycles. The minimum Gasteiger partial charge on any atom is -1.00 e. The van der Waals surface area contributed by atoms with Gasteiger partial charge in [0.15, 0.2) is 0 Å². The predicted octanol–water partition coefficient (Wildman–Crippen LogP) is -0.324. The third-order valence-corrected chi connectivity index (χ3v) is 7.52. The van der Waals surface area contributed by atoms with Crippen molar-refractivity contribution in [2.24, 2.45) is 0 Å². The summed E-state index contributed by atoms with van der Waals surface area (Å²) >= 11 is 1.48. The maximum Gasteiger partial charge on any atom is -1.00 e. The molecular weight excluding hydrogens is 510 g/mol. The molecule has 0 N–H and O–H groups in total. The van der Waals surface area contributed by atoms with E-state index in [2.05, 4.69) is 94.4 Å². The average Bonchev–Trinajstić information content (AvgIpc) is 3.31. The summed E-state index contributed by atoms with van der Waals surface area (Å²) in [5, 5.41) is 5.59. The fourth-order valence-electron chi connectivity index (χ4n) is 5.03. The van der Waals surface area contributed by atoms with Crippen LogP contribution in [0.15, 0.2) is 66.7 Å². The van der Waals surface area contributed by atoms with E-state index in [9.17, 15) is 0 Å². The van der Waals surface area contributed by atoms with E-state index in [1.807, 2.05) is 0 Å². The van der Waals surface area contributed by atoms with E-state index in [0.29, 0.717) is 0 Å². The van der Waals surface area contributed by atoms with Crippen LogP contribution < -0.4 is 35.3 Å². The SMILES string of the molecule is CC(C)=c1ccc2c(c1C1=C(c3cc(C)cc(C)c3)C=CC1)[C]([Zr+2])=c1ccccc1=2.[Cl-].[Cl-]. The zero-order chi connectivity index (χ0) is 21.0. The van der Waals surface area contributed by atoms with Crippen molar-refractivity contribution in [1.82, 2.24) is 0 Å². The van der Waals surface area contributed by atoms with E-state index in [0.717, 1.165) is 6.42 Å². The Morgan fingerprint density at radius 1 is 0.781 bits per heavy atom. The van der Waals surface area contributed by atoms with Crippen molar-refractivity contribution in [1.29, 1.82) is 0 Å². The Kier molecular flexibility index (Phi) is 7.56. The van der Waals surface area contributed by atoms with Crippen molar-refractivity contribution in [3.8, 4) is 0 Å². The van der Waals surface area contributed by atoms with Gasteiger partial charge in [-0.1, -0.05) is 0 Å². The Labute approximate surface area is 217 Å². The molecule has 3 aromatic rings. The molecule has 0 fully saturated rings. The second kappa shape index (κ2) is 9.68. The molecule has 3 heteroatoms. The molecule has 2 aliphatic rings. The molecule has 5 rings (SSSR count). The Balaban J connectivity index is 0.00000144. The van der Waals surface area contributed by atoms with Crippen LogP contribution in [-0.2, 0) is 24.7 Å². The summed E-state index contributed by atoms with van der Waals surface area (Å²) in [6.07, 6.45) is 5.67. The summed E-state index contributed by atoms with van der Waals surface area (Å²) in [5.74, 6) is 0. The van der Waals surface area contributed by atoms with Crippen LogP contribution in [0.5, 0.6) is 0 Å². The molecule has 0 atom stereocenters. The van der Waals surface area contributed by atoms with Crippen LogP contribution in [0.1, 0.15) is 48.1 Å². The number of fused-ring (bicyclic) bond motifs is 2. The second-order valence-corrected chi connectivity index (χ2v) is 9.94. The van der Waals surface area contributed by atoms with Gasteiger partial charge in [0.05, 0.1) is 0 Å². The molecule has 0 aromatic heterocycles. The number of aryl methyl sites for hydroxylation is 2. The van der Waals surface area contributed by atoms with Crippen molar-refractivity contribution in [3.05, 3.63) is 115 Å². The number of hydrogen-bond donors (Lipinski definition) is 0. The standard InChI is InChI=1S/C29H25.2ClH.Zr/c1-18(2)23-12-13-26-24-9-6-5-8-21(24)17-28(26)29(23)27-11-7-10-25(27)22-15-19(3)14-20(4)16-22;;;/h5-10,12-16H,11H2,1-4H3;2*1H;/q;;;+2/p-2. The van der Waals surface area contributed by atoms with Gasteiger partial charge in [-0.3, -0.25) is 0 Å². The van der Waals surface area contributed by atoms with Gasteiger partial charge in [0.25, 0.3) is 0 Å². The van der Waals surface area contributed by atoms with E-state index in [1.165, 1.54) is 93.4 Å². The molecule has 0 amide bonds. The van der Waals surface area contributed by atoms with Crippen LogP contribution in [0.4, 0.5) is 0 Å². The number of benzene rings is 3. The Morgan fingerprint density at radius 2 is 1.44 bits per heavy atom. The van der Waals surface area contributed by atoms with Crippen LogP contribution in [0.3, 0.4) is 0 Å². The molecule has 0 saturated heterocycles. The average molecular weight is 536 g/mol. The summed E-state index contributed by atoms with van der Waals surface area (Å²) in [5.41, 5.74) is 11.2. The van der Waals surface area contributed by atoms with Gasteiger partial charge >= 0.3 is 194 Å². The second-order valence-electron chi connectivity index (χ2n) is 8.71. The zero-order valence-corrected chi connectivity index (χ0v) is 22.8. The zero-order valence-electron chi connectivity index (χ0n) is 18.8. The summed E-state index contributed by atoms with van der Waals surface area (Å²) in [4.78, 5) is 0. The van der Waals surface area contributed by atoms with Crippen molar-refractivity contribution in [2.75, 3.05) is 0 Å². The quantitative estimate of drug-likeness (QED) is 0.422. The summed E-state index contributed by atoms with van der Waals surface area (Å²) in [7, 11) is 0. The van der Waals surface area contributed by atoms with E-state index >= 15 is 0 Å². The van der Waals surface area contributed by atoms with Crippen molar-refractivity contribution in [3.63, 3.8) is 0 Å². The molecule has 0 saturated carbocycles. The molecule has 3 aromatic carbocycles. The van der Waals surface area contributed by atoms with E-state index in [1.54, 1.807) is 0 Å². The first-order valence-electron chi connectivity index (χ1n) is 10.6. The molecule has 0 nitrogen and oxygen atoms in total. The number of halogens is 2. The molecule has 0 spiro atoms. The van der Waals surface area contributed by atoms with Gasteiger partial charge in [-0.15, -0.1) is 0 Å². The monoisotopic (exact) mass is 533 g/mol. The van der Waals surface area contributed by atoms with Gasteiger partial charge in [-0.25, -0.2) is 0 Å². The number of allylic oxidation sites excluding steroid dienone is 4. The molecule has 0 heterocycles. The van der Waals surface area contributed by atoms with E-state index < -0.39 is 0 Å². The van der Waals surface area contributed by atoms with Crippen LogP contribution in [0.25, 0.3) is 20.0 Å². The number of hydrogen-bond acceptors (Lipinski definition) is 0. The van der Waals surface area contributed by atoms with Crippen LogP contribution >= 0.6 is 0 Å². The molecule has 2 aliphatic carbocycles. The molecule has 159 valence electrons. The van der Waals surface area contributed by atoms with Crippen molar-refractivity contribution in [2.45, 2.75) is 34.1 Å². The fourth-order valence-corrected chi connectivity index (χ4v) is 6.20.